The van der Waals surface area contributed by atoms with Crippen LogP contribution in [-0.4, -0.2) is 57.9 Å². The Morgan fingerprint density at radius 2 is 2.08 bits per heavy atom. The van der Waals surface area contributed by atoms with Crippen molar-refractivity contribution in [2.75, 3.05) is 13.7 Å². The molecule has 0 amide bonds. The van der Waals surface area contributed by atoms with E-state index >= 15 is 0 Å². The predicted octanol–water partition coefficient (Wildman–Crippen LogP) is 1.50. The van der Waals surface area contributed by atoms with Gasteiger partial charge in [-0.05, 0) is 12.1 Å². The van der Waals surface area contributed by atoms with Crippen molar-refractivity contribution >= 4 is 11.6 Å². The van der Waals surface area contributed by atoms with Gasteiger partial charge in [0.15, 0.2) is 0 Å². The first-order valence-electron chi connectivity index (χ1n) is 8.02. The Balaban J connectivity index is 1.51. The number of aromatic nitrogens is 2. The van der Waals surface area contributed by atoms with Gasteiger partial charge in [-0.15, -0.1) is 0 Å². The minimum atomic E-state index is -0.955. The maximum Gasteiger partial charge on any atom is 0.138 e. The van der Waals surface area contributed by atoms with Crippen LogP contribution in [0.5, 0.6) is 11.5 Å². The van der Waals surface area contributed by atoms with Crippen molar-refractivity contribution in [3.63, 3.8) is 0 Å². The van der Waals surface area contributed by atoms with Crippen molar-refractivity contribution in [2.24, 2.45) is 0 Å². The first-order valence-corrected chi connectivity index (χ1v) is 8.40. The molecule has 1 saturated heterocycles. The third kappa shape index (κ3) is 4.24. The fraction of sp³-hybridized carbons (Fsp3) is 0.471. The van der Waals surface area contributed by atoms with E-state index in [0.29, 0.717) is 36.1 Å². The van der Waals surface area contributed by atoms with Gasteiger partial charge in [0.2, 0.25) is 0 Å². The van der Waals surface area contributed by atoms with E-state index in [1.54, 1.807) is 48.6 Å². The number of imidazole rings is 1. The first kappa shape index (κ1) is 18.0. The third-order valence-electron chi connectivity index (χ3n) is 4.21. The maximum atomic E-state index is 10.2. The average molecular weight is 369 g/mol. The monoisotopic (exact) mass is 368 g/mol. The van der Waals surface area contributed by atoms with Gasteiger partial charge in [-0.25, -0.2) is 4.98 Å². The summed E-state index contributed by atoms with van der Waals surface area (Å²) in [6, 6.07) is 5.15. The van der Waals surface area contributed by atoms with Gasteiger partial charge in [0.25, 0.3) is 0 Å². The molecule has 1 fully saturated rings. The molecule has 2 aromatic rings. The number of nitrogens with zero attached hydrogens (tertiary/aromatic N) is 2. The molecule has 7 nitrogen and oxygen atoms in total. The molecule has 1 aromatic heterocycles. The molecule has 0 aliphatic carbocycles. The normalized spacial score (nSPS) is 25.9. The summed E-state index contributed by atoms with van der Waals surface area (Å²) in [6.45, 7) is 0.734. The summed E-state index contributed by atoms with van der Waals surface area (Å²) in [5, 5.41) is 20.8. The van der Waals surface area contributed by atoms with Crippen LogP contribution in [0.15, 0.2) is 36.9 Å². The van der Waals surface area contributed by atoms with Crippen LogP contribution in [0.4, 0.5) is 0 Å². The van der Waals surface area contributed by atoms with E-state index in [1.165, 1.54) is 0 Å². The Labute approximate surface area is 150 Å². The highest BCUT2D eigenvalue weighted by Crippen LogP contribution is 2.30. The van der Waals surface area contributed by atoms with E-state index in [-0.39, 0.29) is 0 Å². The lowest BCUT2D eigenvalue weighted by atomic mass is 10.1. The number of methoxy groups -OCH3 is 1. The van der Waals surface area contributed by atoms with Crippen LogP contribution in [0.25, 0.3) is 0 Å². The van der Waals surface area contributed by atoms with Gasteiger partial charge in [0.05, 0.1) is 37.7 Å². The molecule has 0 spiro atoms. The van der Waals surface area contributed by atoms with Gasteiger partial charge in [-0.1, -0.05) is 11.6 Å². The zero-order valence-corrected chi connectivity index (χ0v) is 14.5. The number of rotatable bonds is 7. The maximum absolute atomic E-state index is 10.2. The molecule has 3 rings (SSSR count). The predicted molar refractivity (Wildman–Crippen MR) is 91.0 cm³/mol. The van der Waals surface area contributed by atoms with E-state index in [2.05, 4.69) is 4.98 Å². The minimum Gasteiger partial charge on any atom is -0.497 e. The lowest BCUT2D eigenvalue weighted by Gasteiger charge is -2.15. The number of benzene rings is 1. The molecule has 1 aromatic carbocycles. The number of ether oxygens (including phenoxy) is 3. The lowest BCUT2D eigenvalue weighted by Crippen LogP contribution is -2.34. The van der Waals surface area contributed by atoms with Crippen LogP contribution in [-0.2, 0) is 11.3 Å². The molecule has 2 N–H and O–H groups in total. The summed E-state index contributed by atoms with van der Waals surface area (Å²) in [7, 11) is 1.57. The second-order valence-electron chi connectivity index (χ2n) is 5.89. The zero-order valence-electron chi connectivity index (χ0n) is 13.8. The van der Waals surface area contributed by atoms with E-state index in [4.69, 9.17) is 25.8 Å². The molecule has 0 bridgehead atoms. The van der Waals surface area contributed by atoms with Crippen LogP contribution in [0, 0.1) is 0 Å². The number of aliphatic hydroxyl groups is 2. The van der Waals surface area contributed by atoms with Crippen molar-refractivity contribution in [1.82, 2.24) is 9.55 Å². The largest absolute Gasteiger partial charge is 0.497 e. The Kier molecular flexibility index (Phi) is 5.80. The van der Waals surface area contributed by atoms with Crippen molar-refractivity contribution in [1.29, 1.82) is 0 Å². The van der Waals surface area contributed by atoms with Crippen molar-refractivity contribution < 1.29 is 24.4 Å². The van der Waals surface area contributed by atoms with Crippen molar-refractivity contribution in [3.8, 4) is 11.5 Å². The fourth-order valence-corrected chi connectivity index (χ4v) is 3.05. The van der Waals surface area contributed by atoms with Gasteiger partial charge >= 0.3 is 0 Å². The Morgan fingerprint density at radius 1 is 1.28 bits per heavy atom. The summed E-state index contributed by atoms with van der Waals surface area (Å²) in [5.41, 5.74) is 0. The van der Waals surface area contributed by atoms with Gasteiger partial charge < -0.3 is 29.0 Å². The number of hydrogen-bond donors (Lipinski definition) is 2. The second kappa shape index (κ2) is 8.05. The highest BCUT2D eigenvalue weighted by atomic mass is 35.5. The average Bonchev–Trinajstić information content (AvgIpc) is 3.21. The quantitative estimate of drug-likeness (QED) is 0.770. The topological polar surface area (TPSA) is 86.0 Å². The smallest absolute Gasteiger partial charge is 0.138 e. The summed E-state index contributed by atoms with van der Waals surface area (Å²) in [6.07, 6.45) is 2.62. The summed E-state index contributed by atoms with van der Waals surface area (Å²) in [5.74, 6) is 1.18. The van der Waals surface area contributed by atoms with E-state index in [9.17, 15) is 10.2 Å². The molecule has 136 valence electrons. The van der Waals surface area contributed by atoms with Gasteiger partial charge in [0.1, 0.15) is 29.8 Å². The van der Waals surface area contributed by atoms with Crippen LogP contribution < -0.4 is 9.47 Å². The van der Waals surface area contributed by atoms with Crippen molar-refractivity contribution in [3.05, 3.63) is 41.9 Å². The summed E-state index contributed by atoms with van der Waals surface area (Å²) in [4.78, 5) is 3.95. The molecular weight excluding hydrogens is 348 g/mol. The molecule has 4 atom stereocenters. The van der Waals surface area contributed by atoms with Gasteiger partial charge in [0, 0.05) is 24.9 Å². The zero-order chi connectivity index (χ0) is 17.8. The Morgan fingerprint density at radius 3 is 2.76 bits per heavy atom. The van der Waals surface area contributed by atoms with E-state index in [0.717, 1.165) is 0 Å². The van der Waals surface area contributed by atoms with Crippen LogP contribution in [0.2, 0.25) is 5.02 Å². The molecule has 1 unspecified atom stereocenters. The summed E-state index contributed by atoms with van der Waals surface area (Å²) < 4.78 is 18.3. The van der Waals surface area contributed by atoms with Crippen LogP contribution in [0.3, 0.4) is 0 Å². The van der Waals surface area contributed by atoms with Crippen LogP contribution in [0.1, 0.15) is 6.42 Å². The van der Waals surface area contributed by atoms with Gasteiger partial charge in [-0.3, -0.25) is 0 Å². The number of halogens is 1. The van der Waals surface area contributed by atoms with Gasteiger partial charge in [-0.2, -0.15) is 0 Å². The molecule has 2 heterocycles. The minimum absolute atomic E-state index is 0.304. The molecule has 0 saturated carbocycles. The second-order valence-corrected chi connectivity index (χ2v) is 6.29. The highest BCUT2D eigenvalue weighted by Gasteiger charge is 2.42. The Bertz CT molecular complexity index is 682. The fourth-order valence-electron chi connectivity index (χ4n) is 2.83. The van der Waals surface area contributed by atoms with E-state index in [1.807, 2.05) is 0 Å². The molecule has 1 aliphatic rings. The van der Waals surface area contributed by atoms with Crippen LogP contribution >= 0.6 is 11.6 Å². The standard InChI is InChI=1S/C17H21ClN2O5/c1-23-11-2-3-13(12(18)8-11)24-7-4-14-16(21)17(22)15(25-14)9-20-6-5-19-10-20/h2-3,5-6,8,10,14-17,21-22H,4,7,9H2,1H3/t14?,15-,16+,17-/m1/s1. The van der Waals surface area contributed by atoms with E-state index < -0.39 is 24.4 Å². The number of aliphatic hydroxyl groups excluding tert-OH is 2. The molecule has 0 radical (unpaired) electrons. The third-order valence-corrected chi connectivity index (χ3v) is 4.51. The summed E-state index contributed by atoms with van der Waals surface area (Å²) >= 11 is 6.12. The SMILES string of the molecule is COc1ccc(OCCC2O[C@H](Cn3ccnc3)[C@@H](O)[C@H]2O)c(Cl)c1. The molecular formula is C17H21ClN2O5. The molecule has 1 aliphatic heterocycles. The Hall–Kier alpha value is -1.80. The number of hydrogen-bond acceptors (Lipinski definition) is 6. The van der Waals surface area contributed by atoms with Crippen molar-refractivity contribution in [2.45, 2.75) is 37.4 Å². The lowest BCUT2D eigenvalue weighted by molar-refractivity contribution is -0.00883. The molecule has 8 heteroatoms. The highest BCUT2D eigenvalue weighted by molar-refractivity contribution is 6.32. The first-order chi connectivity index (χ1) is 12.1. The molecule has 25 heavy (non-hydrogen) atoms.